The van der Waals surface area contributed by atoms with Gasteiger partial charge in [-0.25, -0.2) is 0 Å². The Hall–Kier alpha value is -3.67. The summed E-state index contributed by atoms with van der Waals surface area (Å²) >= 11 is 0. The van der Waals surface area contributed by atoms with E-state index in [0.717, 1.165) is 128 Å². The molecule has 0 spiro atoms. The van der Waals surface area contributed by atoms with Crippen molar-refractivity contribution in [1.29, 1.82) is 0 Å². The predicted octanol–water partition coefficient (Wildman–Crippen LogP) is 22.4. The normalized spacial score (nSPS) is 12.7. The summed E-state index contributed by atoms with van der Waals surface area (Å²) < 4.78 is 16.9. The summed E-state index contributed by atoms with van der Waals surface area (Å²) in [4.78, 5) is 38.4. The Balaban J connectivity index is 4.42. The fourth-order valence-electron chi connectivity index (χ4n) is 9.08. The van der Waals surface area contributed by atoms with E-state index in [1.165, 1.54) is 148 Å². The van der Waals surface area contributed by atoms with Crippen LogP contribution in [0.5, 0.6) is 0 Å². The van der Waals surface area contributed by atoms with Crippen molar-refractivity contribution in [2.24, 2.45) is 0 Å². The van der Waals surface area contributed by atoms with Gasteiger partial charge in [0, 0.05) is 19.3 Å². The quantitative estimate of drug-likeness (QED) is 0.0261. The molecule has 6 heteroatoms. The number of allylic oxidation sites excluding steroid dienone is 16. The second kappa shape index (κ2) is 64.9. The lowest BCUT2D eigenvalue weighted by Crippen LogP contribution is -2.30. The summed E-state index contributed by atoms with van der Waals surface area (Å²) in [5.41, 5.74) is 0. The Kier molecular flexibility index (Phi) is 61.8. The van der Waals surface area contributed by atoms with Crippen molar-refractivity contribution in [3.05, 3.63) is 97.2 Å². The lowest BCUT2D eigenvalue weighted by Gasteiger charge is -2.18. The molecule has 0 saturated heterocycles. The number of ether oxygens (including phenoxy) is 3. The van der Waals surface area contributed by atoms with E-state index in [0.29, 0.717) is 19.3 Å². The Bertz CT molecular complexity index is 1510. The minimum absolute atomic E-state index is 0.0915. The van der Waals surface area contributed by atoms with E-state index >= 15 is 0 Å². The Labute approximate surface area is 477 Å². The highest BCUT2D eigenvalue weighted by Crippen LogP contribution is 2.15. The van der Waals surface area contributed by atoms with Gasteiger partial charge in [0.2, 0.25) is 0 Å². The van der Waals surface area contributed by atoms with Crippen molar-refractivity contribution < 1.29 is 28.6 Å². The van der Waals surface area contributed by atoms with Gasteiger partial charge < -0.3 is 14.2 Å². The SMILES string of the molecule is CCCCC/C=C\C/C=C\CCCCCCCC(=O)OCC(COC(=O)CCCCCCCCCC/C=C\C/C=C\C/C=C\CCCCCCC)OC(=O)CCCCCCCC/C=C\C/C=C\C/C=C\CCCCCCC. The second-order valence-electron chi connectivity index (χ2n) is 21.7. The zero-order chi connectivity index (χ0) is 55.7. The van der Waals surface area contributed by atoms with Crippen LogP contribution in [0.1, 0.15) is 316 Å². The summed E-state index contributed by atoms with van der Waals surface area (Å²) in [6.07, 6.45) is 86.9. The van der Waals surface area contributed by atoms with E-state index in [1.54, 1.807) is 0 Å². The topological polar surface area (TPSA) is 78.9 Å². The van der Waals surface area contributed by atoms with E-state index < -0.39 is 6.10 Å². The molecule has 6 nitrogen and oxygen atoms in total. The van der Waals surface area contributed by atoms with Gasteiger partial charge in [-0.05, 0) is 128 Å². The van der Waals surface area contributed by atoms with E-state index in [2.05, 4.69) is 118 Å². The third kappa shape index (κ3) is 63.0. The van der Waals surface area contributed by atoms with Gasteiger partial charge in [-0.2, -0.15) is 0 Å². The molecule has 0 fully saturated rings. The fraction of sp³-hybridized carbons (Fsp3) is 0.732. The van der Waals surface area contributed by atoms with E-state index in [1.807, 2.05) is 0 Å². The number of rotatable bonds is 59. The highest BCUT2D eigenvalue weighted by atomic mass is 16.6. The molecular weight excluding hydrogens is 949 g/mol. The van der Waals surface area contributed by atoms with Gasteiger partial charge in [0.05, 0.1) is 0 Å². The molecule has 0 aliphatic carbocycles. The van der Waals surface area contributed by atoms with Crippen LogP contribution >= 0.6 is 0 Å². The van der Waals surface area contributed by atoms with Crippen molar-refractivity contribution in [3.8, 4) is 0 Å². The van der Waals surface area contributed by atoms with Crippen LogP contribution in [0.15, 0.2) is 97.2 Å². The van der Waals surface area contributed by atoms with Crippen LogP contribution in [0.25, 0.3) is 0 Å². The number of hydrogen-bond acceptors (Lipinski definition) is 6. The number of carbonyl (C=O) groups excluding carboxylic acids is 3. The molecule has 0 aliphatic rings. The highest BCUT2D eigenvalue weighted by molar-refractivity contribution is 5.71. The van der Waals surface area contributed by atoms with Gasteiger partial charge in [0.1, 0.15) is 13.2 Å². The summed E-state index contributed by atoms with van der Waals surface area (Å²) in [6.45, 7) is 6.59. The predicted molar refractivity (Wildman–Crippen MR) is 334 cm³/mol. The molecule has 77 heavy (non-hydrogen) atoms. The van der Waals surface area contributed by atoms with E-state index in [4.69, 9.17) is 14.2 Å². The molecule has 0 aromatic heterocycles. The van der Waals surface area contributed by atoms with Crippen LogP contribution in [0.3, 0.4) is 0 Å². The molecular formula is C71H122O6. The summed E-state index contributed by atoms with van der Waals surface area (Å²) in [5.74, 6) is -0.915. The van der Waals surface area contributed by atoms with Crippen molar-refractivity contribution in [1.82, 2.24) is 0 Å². The van der Waals surface area contributed by atoms with Crippen LogP contribution in [-0.2, 0) is 28.6 Å². The maximum atomic E-state index is 12.9. The molecule has 0 aromatic carbocycles. The first kappa shape index (κ1) is 73.3. The van der Waals surface area contributed by atoms with Crippen molar-refractivity contribution in [2.45, 2.75) is 322 Å². The molecule has 0 rings (SSSR count). The Morgan fingerprint density at radius 1 is 0.260 bits per heavy atom. The molecule has 0 amide bonds. The Morgan fingerprint density at radius 3 is 0.753 bits per heavy atom. The molecule has 0 radical (unpaired) electrons. The number of hydrogen-bond donors (Lipinski definition) is 0. The second-order valence-corrected chi connectivity index (χ2v) is 21.7. The third-order valence-corrected chi connectivity index (χ3v) is 14.0. The van der Waals surface area contributed by atoms with E-state index in [-0.39, 0.29) is 31.1 Å². The molecule has 1 atom stereocenters. The molecule has 0 heterocycles. The zero-order valence-electron chi connectivity index (χ0n) is 50.7. The first-order valence-electron chi connectivity index (χ1n) is 32.7. The van der Waals surface area contributed by atoms with Crippen LogP contribution in [0, 0.1) is 0 Å². The molecule has 0 N–H and O–H groups in total. The van der Waals surface area contributed by atoms with Gasteiger partial charge in [-0.1, -0.05) is 266 Å². The van der Waals surface area contributed by atoms with Crippen molar-refractivity contribution in [2.75, 3.05) is 13.2 Å². The number of unbranched alkanes of at least 4 members (excludes halogenated alkanes) is 32. The van der Waals surface area contributed by atoms with Crippen molar-refractivity contribution in [3.63, 3.8) is 0 Å². The van der Waals surface area contributed by atoms with Gasteiger partial charge in [0.15, 0.2) is 6.10 Å². The lowest BCUT2D eigenvalue weighted by molar-refractivity contribution is -0.167. The third-order valence-electron chi connectivity index (χ3n) is 14.0. The maximum Gasteiger partial charge on any atom is 0.306 e. The van der Waals surface area contributed by atoms with Crippen LogP contribution in [-0.4, -0.2) is 37.2 Å². The molecule has 0 bridgehead atoms. The van der Waals surface area contributed by atoms with Crippen molar-refractivity contribution >= 4 is 17.9 Å². The molecule has 0 saturated carbocycles. The van der Waals surface area contributed by atoms with Crippen LogP contribution in [0.2, 0.25) is 0 Å². The zero-order valence-corrected chi connectivity index (χ0v) is 50.7. The van der Waals surface area contributed by atoms with Gasteiger partial charge in [-0.3, -0.25) is 14.4 Å². The first-order valence-corrected chi connectivity index (χ1v) is 32.7. The average molecular weight is 1070 g/mol. The minimum atomic E-state index is -0.797. The number of esters is 3. The number of carbonyl (C=O) groups is 3. The van der Waals surface area contributed by atoms with Crippen LogP contribution < -0.4 is 0 Å². The van der Waals surface area contributed by atoms with Gasteiger partial charge in [-0.15, -0.1) is 0 Å². The highest BCUT2D eigenvalue weighted by Gasteiger charge is 2.19. The lowest BCUT2D eigenvalue weighted by atomic mass is 10.1. The average Bonchev–Trinajstić information content (AvgIpc) is 3.43. The fourth-order valence-corrected chi connectivity index (χ4v) is 9.08. The minimum Gasteiger partial charge on any atom is -0.462 e. The summed E-state index contributed by atoms with van der Waals surface area (Å²) in [6, 6.07) is 0. The summed E-state index contributed by atoms with van der Waals surface area (Å²) in [5, 5.41) is 0. The molecule has 0 aliphatic heterocycles. The maximum absolute atomic E-state index is 12.9. The largest absolute Gasteiger partial charge is 0.462 e. The Morgan fingerprint density at radius 2 is 0.468 bits per heavy atom. The molecule has 442 valence electrons. The van der Waals surface area contributed by atoms with Crippen LogP contribution in [0.4, 0.5) is 0 Å². The van der Waals surface area contributed by atoms with Gasteiger partial charge >= 0.3 is 17.9 Å². The molecule has 0 aromatic rings. The van der Waals surface area contributed by atoms with Gasteiger partial charge in [0.25, 0.3) is 0 Å². The smallest absolute Gasteiger partial charge is 0.306 e. The van der Waals surface area contributed by atoms with E-state index in [9.17, 15) is 14.4 Å². The standard InChI is InChI=1S/C71H122O6/c1-4-7-10-13-16-19-22-25-28-30-32-34-35-37-38-40-43-46-49-52-55-58-61-64-70(73)76-67-68(66-75-69(72)63-60-57-54-51-48-45-42-27-24-21-18-15-12-9-6-3)77-71(74)65-62-59-56-53-50-47-44-41-39-36-33-31-29-26-23-20-17-14-11-8-5-2/h18,21-23,25-27,30-33,35,37,39,41-42,68H,4-17,19-20,24,28-29,34,36,38,40,43-67H2,1-3H3/b21-18-,25-22-,26-23-,32-30-,33-31-,37-35-,41-39-,42-27-. The first-order chi connectivity index (χ1) is 38.0. The monoisotopic (exact) mass is 1070 g/mol. The molecule has 1 unspecified atom stereocenters. The summed E-state index contributed by atoms with van der Waals surface area (Å²) in [7, 11) is 0.